The van der Waals surface area contributed by atoms with E-state index in [1.807, 2.05) is 6.92 Å². The molecule has 0 N–H and O–H groups in total. The van der Waals surface area contributed by atoms with Gasteiger partial charge in [0.15, 0.2) is 0 Å². The van der Waals surface area contributed by atoms with Crippen molar-refractivity contribution in [2.75, 3.05) is 12.5 Å². The van der Waals surface area contributed by atoms with Gasteiger partial charge in [-0.2, -0.15) is 0 Å². The molecule has 0 heterocycles. The lowest BCUT2D eigenvalue weighted by Gasteiger charge is -2.14. The molecule has 0 atom stereocenters. The van der Waals surface area contributed by atoms with Crippen LogP contribution in [0.2, 0.25) is 0 Å². The van der Waals surface area contributed by atoms with Crippen LogP contribution in [0.4, 0.5) is 0 Å². The predicted molar refractivity (Wildman–Crippen MR) is 66.0 cm³/mol. The number of ether oxygens (including phenoxy) is 1. The zero-order valence-corrected chi connectivity index (χ0v) is 10.3. The van der Waals surface area contributed by atoms with Gasteiger partial charge in [-0.3, -0.25) is 0 Å². The number of aryl methyl sites for hydroxylation is 2. The number of alkyl halides is 1. The molecule has 0 radical (unpaired) electrons. The molecule has 0 unspecified atom stereocenters. The topological polar surface area (TPSA) is 9.23 Å². The van der Waals surface area contributed by atoms with Crippen LogP contribution < -0.4 is 4.74 Å². The van der Waals surface area contributed by atoms with Gasteiger partial charge in [0.05, 0.1) is 0 Å². The molecule has 2 heteroatoms. The largest absolute Gasteiger partial charge is 0.489 e. The Labute approximate surface area is 96.7 Å². The molecule has 0 amide bonds. The Kier molecular flexibility index (Phi) is 4.22. The fraction of sp³-hybridized carbons (Fsp3) is 0.385. The van der Waals surface area contributed by atoms with Gasteiger partial charge in [-0.15, -0.1) is 11.6 Å². The lowest BCUT2D eigenvalue weighted by Crippen LogP contribution is -2.04. The smallest absolute Gasteiger partial charge is 0.125 e. The third kappa shape index (κ3) is 3.00. The molecule has 0 spiro atoms. The van der Waals surface area contributed by atoms with E-state index >= 15 is 0 Å². The number of hydrogen-bond donors (Lipinski definition) is 0. The highest BCUT2D eigenvalue weighted by Crippen LogP contribution is 2.25. The summed E-state index contributed by atoms with van der Waals surface area (Å²) in [5.74, 6) is 1.41. The SMILES string of the molecule is C=C(CCl)COc1c(C)ccc(C)c1C. The molecule has 0 aliphatic rings. The molecule has 1 aromatic rings. The van der Waals surface area contributed by atoms with E-state index in [1.165, 1.54) is 11.1 Å². The van der Waals surface area contributed by atoms with E-state index in [0.29, 0.717) is 12.5 Å². The summed E-state index contributed by atoms with van der Waals surface area (Å²) < 4.78 is 5.72. The van der Waals surface area contributed by atoms with Gasteiger partial charge in [-0.05, 0) is 43.0 Å². The van der Waals surface area contributed by atoms with Gasteiger partial charge < -0.3 is 4.74 Å². The average Bonchev–Trinajstić information content (AvgIpc) is 2.23. The van der Waals surface area contributed by atoms with E-state index in [1.54, 1.807) is 0 Å². The summed E-state index contributed by atoms with van der Waals surface area (Å²) in [5.41, 5.74) is 4.49. The van der Waals surface area contributed by atoms with Crippen molar-refractivity contribution >= 4 is 11.6 Å². The van der Waals surface area contributed by atoms with Crippen molar-refractivity contribution in [2.24, 2.45) is 0 Å². The zero-order chi connectivity index (χ0) is 11.4. The molecular formula is C13H17ClO. The first kappa shape index (κ1) is 12.1. The fourth-order valence-electron chi connectivity index (χ4n) is 1.36. The Morgan fingerprint density at radius 1 is 1.27 bits per heavy atom. The minimum Gasteiger partial charge on any atom is -0.489 e. The van der Waals surface area contributed by atoms with Crippen molar-refractivity contribution < 1.29 is 4.74 Å². The van der Waals surface area contributed by atoms with E-state index in [9.17, 15) is 0 Å². The Hall–Kier alpha value is -0.950. The Morgan fingerprint density at radius 3 is 2.47 bits per heavy atom. The van der Waals surface area contributed by atoms with Crippen LogP contribution in [0.3, 0.4) is 0 Å². The van der Waals surface area contributed by atoms with Crippen molar-refractivity contribution in [2.45, 2.75) is 20.8 Å². The second kappa shape index (κ2) is 5.22. The van der Waals surface area contributed by atoms with Crippen molar-refractivity contribution in [3.8, 4) is 5.75 Å². The maximum absolute atomic E-state index is 5.72. The van der Waals surface area contributed by atoms with Crippen molar-refractivity contribution in [3.05, 3.63) is 41.0 Å². The molecule has 0 aliphatic heterocycles. The normalized spacial score (nSPS) is 10.1. The zero-order valence-electron chi connectivity index (χ0n) is 9.56. The molecule has 1 rings (SSSR count). The summed E-state index contributed by atoms with van der Waals surface area (Å²) in [7, 11) is 0. The number of halogens is 1. The van der Waals surface area contributed by atoms with E-state index in [2.05, 4.69) is 32.6 Å². The van der Waals surface area contributed by atoms with Gasteiger partial charge in [0.2, 0.25) is 0 Å². The van der Waals surface area contributed by atoms with Crippen LogP contribution in [-0.4, -0.2) is 12.5 Å². The van der Waals surface area contributed by atoms with E-state index in [0.717, 1.165) is 16.9 Å². The van der Waals surface area contributed by atoms with E-state index in [-0.39, 0.29) is 0 Å². The Morgan fingerprint density at radius 2 is 1.87 bits per heavy atom. The highest BCUT2D eigenvalue weighted by molar-refractivity contribution is 6.19. The molecule has 0 saturated carbocycles. The van der Waals surface area contributed by atoms with Gasteiger partial charge in [0.25, 0.3) is 0 Å². The summed E-state index contributed by atoms with van der Waals surface area (Å²) >= 11 is 5.65. The third-order valence-corrected chi connectivity index (χ3v) is 2.86. The number of hydrogen-bond acceptors (Lipinski definition) is 1. The highest BCUT2D eigenvalue weighted by atomic mass is 35.5. The molecule has 15 heavy (non-hydrogen) atoms. The predicted octanol–water partition coefficient (Wildman–Crippen LogP) is 3.79. The van der Waals surface area contributed by atoms with Crippen molar-refractivity contribution in [3.63, 3.8) is 0 Å². The average molecular weight is 225 g/mol. The maximum atomic E-state index is 5.72. The minimum atomic E-state index is 0.448. The molecule has 0 bridgehead atoms. The van der Waals surface area contributed by atoms with Crippen molar-refractivity contribution in [1.29, 1.82) is 0 Å². The summed E-state index contributed by atoms with van der Waals surface area (Å²) in [6.07, 6.45) is 0. The Balaban J connectivity index is 2.84. The molecule has 1 aromatic carbocycles. The standard InChI is InChI=1S/C13H17ClO/c1-9(7-14)8-15-13-11(3)6-5-10(2)12(13)4/h5-6H,1,7-8H2,2-4H3. The van der Waals surface area contributed by atoms with Crippen LogP contribution >= 0.6 is 11.6 Å². The summed E-state index contributed by atoms with van der Waals surface area (Å²) in [6, 6.07) is 4.18. The van der Waals surface area contributed by atoms with Crippen LogP contribution in [0.15, 0.2) is 24.3 Å². The molecule has 0 aliphatic carbocycles. The van der Waals surface area contributed by atoms with E-state index in [4.69, 9.17) is 16.3 Å². The van der Waals surface area contributed by atoms with Gasteiger partial charge in [-0.25, -0.2) is 0 Å². The highest BCUT2D eigenvalue weighted by Gasteiger charge is 2.06. The maximum Gasteiger partial charge on any atom is 0.125 e. The molecule has 0 fully saturated rings. The minimum absolute atomic E-state index is 0.448. The van der Waals surface area contributed by atoms with Gasteiger partial charge >= 0.3 is 0 Å². The fourth-order valence-corrected chi connectivity index (χ4v) is 1.44. The molecule has 1 nitrogen and oxygen atoms in total. The monoisotopic (exact) mass is 224 g/mol. The third-order valence-electron chi connectivity index (χ3n) is 2.48. The summed E-state index contributed by atoms with van der Waals surface area (Å²) in [5, 5.41) is 0. The Bertz CT molecular complexity index is 369. The molecule has 82 valence electrons. The van der Waals surface area contributed by atoms with Gasteiger partial charge in [0.1, 0.15) is 12.4 Å². The van der Waals surface area contributed by atoms with Gasteiger partial charge in [-0.1, -0.05) is 18.7 Å². The lowest BCUT2D eigenvalue weighted by atomic mass is 10.1. The molecular weight excluding hydrogens is 208 g/mol. The quantitative estimate of drug-likeness (QED) is 0.559. The van der Waals surface area contributed by atoms with Crippen LogP contribution in [0.1, 0.15) is 16.7 Å². The van der Waals surface area contributed by atoms with Crippen LogP contribution in [0.25, 0.3) is 0 Å². The van der Waals surface area contributed by atoms with E-state index < -0.39 is 0 Å². The number of benzene rings is 1. The summed E-state index contributed by atoms with van der Waals surface area (Å²) in [6.45, 7) is 10.5. The van der Waals surface area contributed by atoms with Crippen LogP contribution in [0.5, 0.6) is 5.75 Å². The van der Waals surface area contributed by atoms with Gasteiger partial charge in [0, 0.05) is 5.88 Å². The summed E-state index contributed by atoms with van der Waals surface area (Å²) in [4.78, 5) is 0. The first-order valence-electron chi connectivity index (χ1n) is 4.98. The molecule has 0 aromatic heterocycles. The number of rotatable bonds is 4. The first-order chi connectivity index (χ1) is 7.06. The van der Waals surface area contributed by atoms with Crippen LogP contribution in [-0.2, 0) is 0 Å². The first-order valence-corrected chi connectivity index (χ1v) is 5.52. The second-order valence-corrected chi connectivity index (χ2v) is 4.09. The second-order valence-electron chi connectivity index (χ2n) is 3.83. The molecule has 0 saturated heterocycles. The van der Waals surface area contributed by atoms with Crippen LogP contribution in [0, 0.1) is 20.8 Å². The van der Waals surface area contributed by atoms with Crippen molar-refractivity contribution in [1.82, 2.24) is 0 Å². The lowest BCUT2D eigenvalue weighted by molar-refractivity contribution is 0.348.